The van der Waals surface area contributed by atoms with E-state index in [1.807, 2.05) is 48.5 Å². The number of para-hydroxylation sites is 3. The lowest BCUT2D eigenvalue weighted by Crippen LogP contribution is -2.23. The first-order valence-electron chi connectivity index (χ1n) is 7.58. The Morgan fingerprint density at radius 1 is 1.17 bits per heavy atom. The number of hydrogen-bond donors (Lipinski definition) is 2. The van der Waals surface area contributed by atoms with Crippen LogP contribution in [0.4, 0.5) is 0 Å². The summed E-state index contributed by atoms with van der Waals surface area (Å²) in [7, 11) is 1.63. The summed E-state index contributed by atoms with van der Waals surface area (Å²) in [5.41, 5.74) is 2.89. The number of H-pyrrole nitrogens is 1. The lowest BCUT2D eigenvalue weighted by Gasteiger charge is -2.09. The van der Waals surface area contributed by atoms with Gasteiger partial charge in [-0.25, -0.2) is 4.98 Å². The molecule has 0 saturated carbocycles. The highest BCUT2D eigenvalue weighted by Crippen LogP contribution is 2.16. The third-order valence-corrected chi connectivity index (χ3v) is 3.70. The summed E-state index contributed by atoms with van der Waals surface area (Å²) in [6.07, 6.45) is 0.988. The normalized spacial score (nSPS) is 10.7. The van der Waals surface area contributed by atoms with Crippen molar-refractivity contribution in [1.29, 1.82) is 0 Å². The van der Waals surface area contributed by atoms with Crippen molar-refractivity contribution in [3.8, 4) is 5.75 Å². The molecular formula is C18H19N3O2. The fourth-order valence-electron chi connectivity index (χ4n) is 2.49. The molecule has 1 aromatic heterocycles. The van der Waals surface area contributed by atoms with Crippen LogP contribution in [0.3, 0.4) is 0 Å². The number of carbonyl (C=O) groups is 1. The predicted octanol–water partition coefficient (Wildman–Crippen LogP) is 2.82. The summed E-state index contributed by atoms with van der Waals surface area (Å²) in [6.45, 7) is 0.461. The number of carbonyl (C=O) groups excluding carboxylic acids is 1. The van der Waals surface area contributed by atoms with Gasteiger partial charge in [-0.1, -0.05) is 30.3 Å². The van der Waals surface area contributed by atoms with Gasteiger partial charge in [0.25, 0.3) is 0 Å². The zero-order valence-electron chi connectivity index (χ0n) is 13.0. The Balaban J connectivity index is 1.53. The molecule has 2 N–H and O–H groups in total. The summed E-state index contributed by atoms with van der Waals surface area (Å²) >= 11 is 0. The van der Waals surface area contributed by atoms with E-state index in [0.717, 1.165) is 28.2 Å². The molecule has 0 unspecified atom stereocenters. The number of rotatable bonds is 6. The van der Waals surface area contributed by atoms with Gasteiger partial charge in [0, 0.05) is 24.9 Å². The molecule has 3 rings (SSSR count). The standard InChI is InChI=1S/C18H19N3O2/c1-23-16-9-5-2-6-13(16)12-19-18(22)11-10-17-20-14-7-3-4-8-15(14)21-17/h2-9H,10-12H2,1H3,(H,19,22)(H,20,21). The molecule has 5 heteroatoms. The Kier molecular flexibility index (Phi) is 4.57. The van der Waals surface area contributed by atoms with Gasteiger partial charge < -0.3 is 15.0 Å². The Hall–Kier alpha value is -2.82. The average molecular weight is 309 g/mol. The van der Waals surface area contributed by atoms with Crippen molar-refractivity contribution in [2.24, 2.45) is 0 Å². The van der Waals surface area contributed by atoms with Crippen molar-refractivity contribution in [3.63, 3.8) is 0 Å². The second kappa shape index (κ2) is 6.96. The van der Waals surface area contributed by atoms with Crippen LogP contribution in [0.1, 0.15) is 17.8 Å². The van der Waals surface area contributed by atoms with Crippen molar-refractivity contribution in [2.75, 3.05) is 7.11 Å². The molecule has 0 bridgehead atoms. The number of hydrogen-bond acceptors (Lipinski definition) is 3. The van der Waals surface area contributed by atoms with Gasteiger partial charge >= 0.3 is 0 Å². The minimum atomic E-state index is -0.00337. The molecule has 0 aliphatic heterocycles. The van der Waals surface area contributed by atoms with Gasteiger partial charge in [-0.3, -0.25) is 4.79 Å². The number of nitrogens with zero attached hydrogens (tertiary/aromatic N) is 1. The Labute approximate surface area is 134 Å². The average Bonchev–Trinajstić information content (AvgIpc) is 3.01. The summed E-state index contributed by atoms with van der Waals surface area (Å²) in [4.78, 5) is 19.7. The number of benzene rings is 2. The van der Waals surface area contributed by atoms with Crippen molar-refractivity contribution in [2.45, 2.75) is 19.4 Å². The number of methoxy groups -OCH3 is 1. The summed E-state index contributed by atoms with van der Waals surface area (Å²) in [6, 6.07) is 15.5. The lowest BCUT2D eigenvalue weighted by atomic mass is 10.2. The number of aromatic nitrogens is 2. The van der Waals surface area contributed by atoms with E-state index in [9.17, 15) is 4.79 Å². The Morgan fingerprint density at radius 3 is 2.78 bits per heavy atom. The van der Waals surface area contributed by atoms with Crippen LogP contribution in [-0.2, 0) is 17.8 Å². The number of imidazole rings is 1. The highest BCUT2D eigenvalue weighted by Gasteiger charge is 2.07. The van der Waals surface area contributed by atoms with Gasteiger partial charge in [-0.05, 0) is 18.2 Å². The number of fused-ring (bicyclic) bond motifs is 1. The van der Waals surface area contributed by atoms with Gasteiger partial charge in [-0.2, -0.15) is 0 Å². The smallest absolute Gasteiger partial charge is 0.220 e. The summed E-state index contributed by atoms with van der Waals surface area (Å²) < 4.78 is 5.27. The summed E-state index contributed by atoms with van der Waals surface area (Å²) in [5, 5.41) is 2.92. The van der Waals surface area contributed by atoms with Gasteiger partial charge in [0.15, 0.2) is 0 Å². The van der Waals surface area contributed by atoms with Crippen LogP contribution < -0.4 is 10.1 Å². The van der Waals surface area contributed by atoms with Crippen LogP contribution >= 0.6 is 0 Å². The van der Waals surface area contributed by atoms with E-state index in [0.29, 0.717) is 19.4 Å². The van der Waals surface area contributed by atoms with Crippen LogP contribution in [0.15, 0.2) is 48.5 Å². The number of aromatic amines is 1. The van der Waals surface area contributed by atoms with Crippen LogP contribution in [0.2, 0.25) is 0 Å². The lowest BCUT2D eigenvalue weighted by molar-refractivity contribution is -0.121. The van der Waals surface area contributed by atoms with Crippen molar-refractivity contribution >= 4 is 16.9 Å². The van der Waals surface area contributed by atoms with E-state index < -0.39 is 0 Å². The number of nitrogens with one attached hydrogen (secondary N) is 2. The molecule has 2 aromatic carbocycles. The molecule has 118 valence electrons. The second-order valence-electron chi connectivity index (χ2n) is 5.29. The van der Waals surface area contributed by atoms with Gasteiger partial charge in [0.1, 0.15) is 11.6 Å². The molecule has 23 heavy (non-hydrogen) atoms. The minimum absolute atomic E-state index is 0.00337. The zero-order chi connectivity index (χ0) is 16.1. The van der Waals surface area contributed by atoms with E-state index in [2.05, 4.69) is 15.3 Å². The fourth-order valence-corrected chi connectivity index (χ4v) is 2.49. The molecule has 0 atom stereocenters. The molecule has 0 radical (unpaired) electrons. The first-order valence-corrected chi connectivity index (χ1v) is 7.58. The van der Waals surface area contributed by atoms with Crippen molar-refractivity contribution in [1.82, 2.24) is 15.3 Å². The second-order valence-corrected chi connectivity index (χ2v) is 5.29. The highest BCUT2D eigenvalue weighted by molar-refractivity contribution is 5.77. The van der Waals surface area contributed by atoms with Crippen LogP contribution in [0, 0.1) is 0 Å². The van der Waals surface area contributed by atoms with Gasteiger partial charge in [-0.15, -0.1) is 0 Å². The number of ether oxygens (including phenoxy) is 1. The quantitative estimate of drug-likeness (QED) is 0.736. The third-order valence-electron chi connectivity index (χ3n) is 3.70. The van der Waals surface area contributed by atoms with Crippen LogP contribution in [0.25, 0.3) is 11.0 Å². The molecule has 5 nitrogen and oxygen atoms in total. The molecule has 0 saturated heterocycles. The number of amides is 1. The maximum Gasteiger partial charge on any atom is 0.220 e. The molecular weight excluding hydrogens is 290 g/mol. The maximum absolute atomic E-state index is 12.0. The first-order chi connectivity index (χ1) is 11.3. The van der Waals surface area contributed by atoms with Crippen molar-refractivity contribution < 1.29 is 9.53 Å². The third kappa shape index (κ3) is 3.69. The Morgan fingerprint density at radius 2 is 1.96 bits per heavy atom. The van der Waals surface area contributed by atoms with E-state index in [-0.39, 0.29) is 5.91 Å². The maximum atomic E-state index is 12.0. The SMILES string of the molecule is COc1ccccc1CNC(=O)CCc1nc2ccccc2[nH]1. The van der Waals surface area contributed by atoms with Crippen LogP contribution in [0.5, 0.6) is 5.75 Å². The molecule has 3 aromatic rings. The molecule has 0 aliphatic rings. The topological polar surface area (TPSA) is 67.0 Å². The van der Waals surface area contributed by atoms with E-state index in [1.54, 1.807) is 7.11 Å². The van der Waals surface area contributed by atoms with Crippen LogP contribution in [-0.4, -0.2) is 23.0 Å². The Bertz CT molecular complexity index is 778. The zero-order valence-corrected chi connectivity index (χ0v) is 13.0. The highest BCUT2D eigenvalue weighted by atomic mass is 16.5. The minimum Gasteiger partial charge on any atom is -0.496 e. The van der Waals surface area contributed by atoms with E-state index in [1.165, 1.54) is 0 Å². The monoisotopic (exact) mass is 309 g/mol. The molecule has 1 heterocycles. The largest absolute Gasteiger partial charge is 0.496 e. The summed E-state index contributed by atoms with van der Waals surface area (Å²) in [5.74, 6) is 1.61. The number of aryl methyl sites for hydroxylation is 1. The molecule has 0 fully saturated rings. The fraction of sp³-hybridized carbons (Fsp3) is 0.222. The van der Waals surface area contributed by atoms with E-state index >= 15 is 0 Å². The molecule has 1 amide bonds. The van der Waals surface area contributed by atoms with E-state index in [4.69, 9.17) is 4.74 Å². The van der Waals surface area contributed by atoms with Gasteiger partial charge in [0.05, 0.1) is 18.1 Å². The molecule has 0 spiro atoms. The van der Waals surface area contributed by atoms with Gasteiger partial charge in [0.2, 0.25) is 5.91 Å². The first kappa shape index (κ1) is 15.1. The van der Waals surface area contributed by atoms with Crippen molar-refractivity contribution in [3.05, 3.63) is 59.9 Å². The molecule has 0 aliphatic carbocycles. The predicted molar refractivity (Wildman–Crippen MR) is 89.3 cm³/mol.